The summed E-state index contributed by atoms with van der Waals surface area (Å²) < 4.78 is 12.1. The Bertz CT molecular complexity index is 1550. The predicted octanol–water partition coefficient (Wildman–Crippen LogP) is 6.98. The van der Waals surface area contributed by atoms with Gasteiger partial charge in [0.05, 0.1) is 29.2 Å². The number of thioether (sulfide) groups is 1. The second kappa shape index (κ2) is 10.6. The Kier molecular flexibility index (Phi) is 7.22. The first-order valence-corrected chi connectivity index (χ1v) is 14.0. The first-order chi connectivity index (χ1) is 17.9. The smallest absolute Gasteiger partial charge is 0.338 e. The Morgan fingerprint density at radius 3 is 2.46 bits per heavy atom. The van der Waals surface area contributed by atoms with Crippen LogP contribution in [0.4, 0.5) is 5.69 Å². The van der Waals surface area contributed by atoms with Crippen molar-refractivity contribution in [2.45, 2.75) is 30.7 Å². The molecular weight excluding hydrogens is 554 g/mol. The van der Waals surface area contributed by atoms with Crippen LogP contribution in [0, 0.1) is 0 Å². The van der Waals surface area contributed by atoms with Crippen molar-refractivity contribution in [3.63, 3.8) is 0 Å². The van der Waals surface area contributed by atoms with Crippen LogP contribution >= 0.6 is 27.7 Å². The van der Waals surface area contributed by atoms with Crippen molar-refractivity contribution in [3.05, 3.63) is 104 Å². The zero-order chi connectivity index (χ0) is 26.1. The molecule has 4 aromatic rings. The Balaban J connectivity index is 1.62. The standard InChI is InChI=1S/C29H24BrNO5S/c1-3-4-15-35-29(34)18-5-10-20(11-6-18)31-25(17-7-12-21(37-2)13-8-17)24-26(32)22-16-19(30)9-14-23(22)36-27(24)28(31)33/h5-14,16,25H,3-4,15H2,1-2H3. The quantitative estimate of drug-likeness (QED) is 0.134. The SMILES string of the molecule is CCCCOC(=O)c1ccc(N2C(=O)c3oc4ccc(Br)cc4c(=O)c3C2c2ccc(SC)cc2)cc1. The second-order valence-electron chi connectivity index (χ2n) is 8.70. The van der Waals surface area contributed by atoms with Gasteiger partial charge in [-0.15, -0.1) is 11.8 Å². The van der Waals surface area contributed by atoms with Gasteiger partial charge >= 0.3 is 5.97 Å². The molecule has 0 spiro atoms. The lowest BCUT2D eigenvalue weighted by Crippen LogP contribution is -2.29. The van der Waals surface area contributed by atoms with Crippen LogP contribution < -0.4 is 10.3 Å². The number of ether oxygens (including phenoxy) is 1. The highest BCUT2D eigenvalue weighted by Crippen LogP contribution is 2.41. The molecule has 1 aliphatic heterocycles. The minimum absolute atomic E-state index is 0.0295. The summed E-state index contributed by atoms with van der Waals surface area (Å²) in [6.07, 6.45) is 3.72. The van der Waals surface area contributed by atoms with Gasteiger partial charge in [-0.3, -0.25) is 14.5 Å². The van der Waals surface area contributed by atoms with Crippen LogP contribution in [0.15, 0.2) is 85.3 Å². The molecule has 0 N–H and O–H groups in total. The van der Waals surface area contributed by atoms with Gasteiger partial charge in [0, 0.05) is 15.1 Å². The number of nitrogens with zero attached hydrogens (tertiary/aromatic N) is 1. The van der Waals surface area contributed by atoms with E-state index in [0.29, 0.717) is 34.4 Å². The van der Waals surface area contributed by atoms with Gasteiger partial charge in [-0.1, -0.05) is 41.4 Å². The number of halogens is 1. The highest BCUT2D eigenvalue weighted by atomic mass is 79.9. The first-order valence-electron chi connectivity index (χ1n) is 11.9. The minimum Gasteiger partial charge on any atom is -0.462 e. The van der Waals surface area contributed by atoms with Crippen LogP contribution in [-0.2, 0) is 4.74 Å². The zero-order valence-corrected chi connectivity index (χ0v) is 22.7. The van der Waals surface area contributed by atoms with E-state index in [0.717, 1.165) is 27.8 Å². The predicted molar refractivity (Wildman–Crippen MR) is 149 cm³/mol. The van der Waals surface area contributed by atoms with Crippen LogP contribution in [0.3, 0.4) is 0 Å². The molecule has 0 radical (unpaired) electrons. The molecule has 0 aliphatic carbocycles. The average Bonchev–Trinajstić information content (AvgIpc) is 3.21. The monoisotopic (exact) mass is 577 g/mol. The van der Waals surface area contributed by atoms with Crippen molar-refractivity contribution < 1.29 is 18.7 Å². The summed E-state index contributed by atoms with van der Waals surface area (Å²) >= 11 is 5.04. The summed E-state index contributed by atoms with van der Waals surface area (Å²) in [5.74, 6) is -0.787. The van der Waals surface area contributed by atoms with Crippen LogP contribution in [0.2, 0.25) is 0 Å². The molecule has 0 fully saturated rings. The van der Waals surface area contributed by atoms with E-state index in [4.69, 9.17) is 9.15 Å². The van der Waals surface area contributed by atoms with Crippen molar-refractivity contribution in [1.29, 1.82) is 0 Å². The summed E-state index contributed by atoms with van der Waals surface area (Å²) in [7, 11) is 0. The van der Waals surface area contributed by atoms with E-state index in [1.807, 2.05) is 37.4 Å². The maximum atomic E-state index is 13.7. The van der Waals surface area contributed by atoms with Crippen molar-refractivity contribution in [3.8, 4) is 0 Å². The number of unbranched alkanes of at least 4 members (excludes halogenated alkanes) is 1. The number of carbonyl (C=O) groups is 2. The van der Waals surface area contributed by atoms with E-state index >= 15 is 0 Å². The molecule has 8 heteroatoms. The molecular formula is C29H24BrNO5S. The molecule has 3 aromatic carbocycles. The number of hydrogen-bond donors (Lipinski definition) is 0. The van der Waals surface area contributed by atoms with E-state index in [1.165, 1.54) is 0 Å². The lowest BCUT2D eigenvalue weighted by molar-refractivity contribution is 0.0499. The number of amides is 1. The topological polar surface area (TPSA) is 76.8 Å². The zero-order valence-electron chi connectivity index (χ0n) is 20.3. The van der Waals surface area contributed by atoms with Crippen LogP contribution in [0.1, 0.15) is 57.8 Å². The molecule has 1 unspecified atom stereocenters. The van der Waals surface area contributed by atoms with Crippen molar-refractivity contribution in [2.24, 2.45) is 0 Å². The molecule has 1 atom stereocenters. The Morgan fingerprint density at radius 1 is 1.05 bits per heavy atom. The Hall–Kier alpha value is -3.36. The molecule has 0 saturated heterocycles. The number of benzene rings is 3. The van der Waals surface area contributed by atoms with Crippen molar-refractivity contribution in [1.82, 2.24) is 0 Å². The number of rotatable bonds is 7. The van der Waals surface area contributed by atoms with Gasteiger partial charge in [-0.05, 0) is 72.8 Å². The number of fused-ring (bicyclic) bond motifs is 2. The molecule has 1 aliphatic rings. The van der Waals surface area contributed by atoms with Crippen LogP contribution in [-0.4, -0.2) is 24.7 Å². The maximum Gasteiger partial charge on any atom is 0.338 e. The minimum atomic E-state index is -0.680. The van der Waals surface area contributed by atoms with Gasteiger partial charge in [0.2, 0.25) is 5.76 Å². The van der Waals surface area contributed by atoms with Gasteiger partial charge < -0.3 is 9.15 Å². The highest BCUT2D eigenvalue weighted by molar-refractivity contribution is 9.10. The molecule has 6 nitrogen and oxygen atoms in total. The fourth-order valence-corrected chi connectivity index (χ4v) is 5.23. The van der Waals surface area contributed by atoms with Crippen LogP contribution in [0.5, 0.6) is 0 Å². The number of anilines is 1. The highest BCUT2D eigenvalue weighted by Gasteiger charge is 2.43. The molecule has 1 amide bonds. The molecule has 5 rings (SSSR count). The summed E-state index contributed by atoms with van der Waals surface area (Å²) in [6, 6.07) is 18.9. The van der Waals surface area contributed by atoms with Gasteiger partial charge in [-0.2, -0.15) is 0 Å². The van der Waals surface area contributed by atoms with E-state index in [1.54, 1.807) is 59.1 Å². The molecule has 2 heterocycles. The molecule has 188 valence electrons. The van der Waals surface area contributed by atoms with Gasteiger partial charge in [0.25, 0.3) is 5.91 Å². The van der Waals surface area contributed by atoms with E-state index in [-0.39, 0.29) is 11.2 Å². The third-order valence-electron chi connectivity index (χ3n) is 6.38. The lowest BCUT2D eigenvalue weighted by Gasteiger charge is -2.25. The fraction of sp³-hybridized carbons (Fsp3) is 0.207. The maximum absolute atomic E-state index is 13.7. The van der Waals surface area contributed by atoms with Gasteiger partial charge in [0.15, 0.2) is 5.43 Å². The third kappa shape index (κ3) is 4.71. The number of esters is 1. The van der Waals surface area contributed by atoms with Gasteiger partial charge in [0.1, 0.15) is 5.58 Å². The summed E-state index contributed by atoms with van der Waals surface area (Å²) in [4.78, 5) is 42.5. The normalized spacial score (nSPS) is 14.7. The van der Waals surface area contributed by atoms with Crippen molar-refractivity contribution >= 4 is 56.2 Å². The van der Waals surface area contributed by atoms with Crippen LogP contribution in [0.25, 0.3) is 11.0 Å². The van der Waals surface area contributed by atoms with Gasteiger partial charge in [-0.25, -0.2) is 4.79 Å². The fourth-order valence-electron chi connectivity index (χ4n) is 4.46. The van der Waals surface area contributed by atoms with Crippen molar-refractivity contribution in [2.75, 3.05) is 17.8 Å². The number of carbonyl (C=O) groups excluding carboxylic acids is 2. The summed E-state index contributed by atoms with van der Waals surface area (Å²) in [5, 5.41) is 0.402. The summed E-state index contributed by atoms with van der Waals surface area (Å²) in [6.45, 7) is 2.39. The first kappa shape index (κ1) is 25.3. The largest absolute Gasteiger partial charge is 0.462 e. The second-order valence-corrected chi connectivity index (χ2v) is 10.5. The molecule has 1 aromatic heterocycles. The molecule has 0 saturated carbocycles. The molecule has 37 heavy (non-hydrogen) atoms. The Morgan fingerprint density at radius 2 is 1.78 bits per heavy atom. The van der Waals surface area contributed by atoms with E-state index < -0.39 is 17.9 Å². The molecule has 0 bridgehead atoms. The summed E-state index contributed by atoms with van der Waals surface area (Å²) in [5.41, 5.74) is 2.14. The van der Waals surface area contributed by atoms with E-state index in [2.05, 4.69) is 15.9 Å². The number of hydrogen-bond acceptors (Lipinski definition) is 6. The lowest BCUT2D eigenvalue weighted by atomic mass is 9.98. The average molecular weight is 578 g/mol. The third-order valence-corrected chi connectivity index (χ3v) is 7.61. The Labute approximate surface area is 226 Å². The van der Waals surface area contributed by atoms with E-state index in [9.17, 15) is 14.4 Å².